The van der Waals surface area contributed by atoms with E-state index < -0.39 is 0 Å². The van der Waals surface area contributed by atoms with Crippen LogP contribution in [0, 0.1) is 0 Å². The van der Waals surface area contributed by atoms with Crippen LogP contribution in [0.2, 0.25) is 0 Å². The predicted molar refractivity (Wildman–Crippen MR) is 422 cm³/mol. The Labute approximate surface area is 582 Å². The third-order valence-corrected chi connectivity index (χ3v) is 20.6. The van der Waals surface area contributed by atoms with Crippen molar-refractivity contribution in [3.63, 3.8) is 0 Å². The SMILES string of the molecule is c1ccc(-c2ccc3ccc4ccc(-c5ccc(-c6cccc7c6nc(-c6ccccc6)c6ccc8oc9ccccc9c8c67)cc5)nc4c3n2)cc1.c1ccc2c(c1)ccc1cc(-c3nc4c(-c5cc6cccnc6c6ncccc56)cccc4c4c3ccc3oc5ccccc5c34)ccc12. The van der Waals surface area contributed by atoms with Crippen LogP contribution in [0.3, 0.4) is 0 Å². The molecule has 0 bridgehead atoms. The summed E-state index contributed by atoms with van der Waals surface area (Å²) in [5.41, 5.74) is 21.4. The van der Waals surface area contributed by atoms with E-state index >= 15 is 0 Å². The highest BCUT2D eigenvalue weighted by Gasteiger charge is 2.24. The molecule has 0 unspecified atom stereocenters. The summed E-state index contributed by atoms with van der Waals surface area (Å²) in [6, 6.07) is 111. The first kappa shape index (κ1) is 57.3. The largest absolute Gasteiger partial charge is 0.456 e. The first-order valence-electron chi connectivity index (χ1n) is 34.4. The molecule has 22 rings (SSSR count). The molecule has 0 N–H and O–H groups in total. The first-order chi connectivity index (χ1) is 50.6. The Balaban J connectivity index is 0.000000133. The Hall–Kier alpha value is -13.8. The van der Waals surface area contributed by atoms with Gasteiger partial charge in [-0.15, -0.1) is 0 Å². The third-order valence-electron chi connectivity index (χ3n) is 20.6. The normalized spacial score (nSPS) is 11.9. The Kier molecular flexibility index (Phi) is 12.9. The average molecular weight is 1300 g/mol. The summed E-state index contributed by atoms with van der Waals surface area (Å²) < 4.78 is 12.8. The van der Waals surface area contributed by atoms with Crippen LogP contribution in [0.25, 0.3) is 220 Å². The summed E-state index contributed by atoms with van der Waals surface area (Å²) in [4.78, 5) is 30.9. The van der Waals surface area contributed by atoms with Crippen molar-refractivity contribution in [2.24, 2.45) is 0 Å². The van der Waals surface area contributed by atoms with Crippen molar-refractivity contribution >= 4 is 152 Å². The number of fused-ring (bicyclic) bond motifs is 23. The standard InChI is InChI=1S/C49H29N3O.C45H25N3O/c1-3-10-31(11-4-1)40-27-24-34-22-23-35-25-28-41(51-48(35)47(34)50-40)32-20-18-30(19-21-32)36-15-9-16-38-44-39(46(52-49(36)38)33-12-5-2-6-13-33)26-29-43-45(44)37-14-7-8-17-42(37)53-43;1-2-10-30-26(8-1)16-17-27-24-29(18-19-31(27)30)42-36-20-21-39-41(34-11-3-4-15-38(34)49-39)40(36)35-13-5-12-32(44(35)48-42)37-25-28-9-6-22-46-43(28)45-33(37)14-7-23-47-45/h1-29H;1-25H. The van der Waals surface area contributed by atoms with Crippen molar-refractivity contribution in [3.05, 3.63) is 328 Å². The van der Waals surface area contributed by atoms with E-state index in [0.717, 1.165) is 198 Å². The minimum absolute atomic E-state index is 0.869. The van der Waals surface area contributed by atoms with Crippen LogP contribution in [-0.4, -0.2) is 29.9 Å². The zero-order chi connectivity index (χ0) is 66.9. The molecule has 8 aromatic heterocycles. The van der Waals surface area contributed by atoms with Crippen molar-refractivity contribution in [1.29, 1.82) is 0 Å². The molecule has 0 aliphatic rings. The molecular formula is C94H54N6O2. The van der Waals surface area contributed by atoms with Gasteiger partial charge in [0, 0.05) is 121 Å². The zero-order valence-electron chi connectivity index (χ0n) is 54.7. The smallest absolute Gasteiger partial charge is 0.136 e. The molecule has 0 saturated carbocycles. The van der Waals surface area contributed by atoms with Crippen LogP contribution in [0.1, 0.15) is 0 Å². The maximum Gasteiger partial charge on any atom is 0.136 e. The number of aromatic nitrogens is 6. The molecule has 8 heteroatoms. The Bertz CT molecular complexity index is 7250. The maximum atomic E-state index is 6.44. The molecule has 0 aliphatic heterocycles. The molecule has 0 amide bonds. The number of rotatable bonds is 6. The lowest BCUT2D eigenvalue weighted by Crippen LogP contribution is -1.94. The van der Waals surface area contributed by atoms with Crippen molar-refractivity contribution in [3.8, 4) is 67.3 Å². The van der Waals surface area contributed by atoms with Crippen LogP contribution in [-0.2, 0) is 0 Å². The van der Waals surface area contributed by atoms with Gasteiger partial charge in [-0.2, -0.15) is 0 Å². The molecule has 102 heavy (non-hydrogen) atoms. The van der Waals surface area contributed by atoms with E-state index in [0.29, 0.717) is 0 Å². The lowest BCUT2D eigenvalue weighted by atomic mass is 9.91. The summed E-state index contributed by atoms with van der Waals surface area (Å²) in [5, 5.41) is 20.3. The number of furan rings is 2. The van der Waals surface area contributed by atoms with E-state index in [1.54, 1.807) is 0 Å². The fourth-order valence-electron chi connectivity index (χ4n) is 15.8. The molecule has 8 nitrogen and oxygen atoms in total. The zero-order valence-corrected chi connectivity index (χ0v) is 54.7. The van der Waals surface area contributed by atoms with Crippen molar-refractivity contribution in [2.75, 3.05) is 0 Å². The van der Waals surface area contributed by atoms with E-state index in [1.807, 2.05) is 73.1 Å². The van der Waals surface area contributed by atoms with Gasteiger partial charge in [0.1, 0.15) is 22.3 Å². The van der Waals surface area contributed by atoms with Gasteiger partial charge in [0.15, 0.2) is 0 Å². The molecule has 0 fully saturated rings. The number of hydrogen-bond acceptors (Lipinski definition) is 8. The number of para-hydroxylation sites is 4. The summed E-state index contributed by atoms with van der Waals surface area (Å²) >= 11 is 0. The second kappa shape index (κ2) is 22.9. The van der Waals surface area contributed by atoms with Crippen LogP contribution in [0.15, 0.2) is 337 Å². The molecule has 22 aromatic rings. The highest BCUT2D eigenvalue weighted by Crippen LogP contribution is 2.47. The second-order valence-corrected chi connectivity index (χ2v) is 26.3. The van der Waals surface area contributed by atoms with Crippen molar-refractivity contribution in [2.45, 2.75) is 0 Å². The Morgan fingerprint density at radius 2 is 0.657 bits per heavy atom. The predicted octanol–water partition coefficient (Wildman–Crippen LogP) is 25.1. The molecule has 0 saturated heterocycles. The number of nitrogens with zero attached hydrogens (tertiary/aromatic N) is 6. The summed E-state index contributed by atoms with van der Waals surface area (Å²) in [6.07, 6.45) is 3.68. The van der Waals surface area contributed by atoms with Gasteiger partial charge in [-0.25, -0.2) is 19.9 Å². The van der Waals surface area contributed by atoms with Gasteiger partial charge in [-0.3, -0.25) is 9.97 Å². The van der Waals surface area contributed by atoms with Gasteiger partial charge < -0.3 is 8.83 Å². The number of hydrogen-bond donors (Lipinski definition) is 0. The minimum atomic E-state index is 0.869. The number of benzene rings is 14. The Morgan fingerprint density at radius 3 is 1.32 bits per heavy atom. The molecule has 0 spiro atoms. The highest BCUT2D eigenvalue weighted by molar-refractivity contribution is 6.31. The number of pyridine rings is 6. The molecule has 0 aliphatic carbocycles. The van der Waals surface area contributed by atoms with Crippen molar-refractivity contribution < 1.29 is 8.83 Å². The lowest BCUT2D eigenvalue weighted by molar-refractivity contribution is 0.669. The minimum Gasteiger partial charge on any atom is -0.456 e. The van der Waals surface area contributed by atoms with Crippen LogP contribution < -0.4 is 0 Å². The molecule has 8 heterocycles. The van der Waals surface area contributed by atoms with E-state index in [2.05, 4.69) is 255 Å². The van der Waals surface area contributed by atoms with E-state index in [-0.39, 0.29) is 0 Å². The van der Waals surface area contributed by atoms with Gasteiger partial charge in [-0.1, -0.05) is 243 Å². The van der Waals surface area contributed by atoms with Gasteiger partial charge in [0.05, 0.1) is 55.9 Å². The highest BCUT2D eigenvalue weighted by atomic mass is 16.3. The topological polar surface area (TPSA) is 104 Å². The third kappa shape index (κ3) is 9.10. The molecular weight excluding hydrogens is 1250 g/mol. The van der Waals surface area contributed by atoms with E-state index in [4.69, 9.17) is 38.7 Å². The lowest BCUT2D eigenvalue weighted by Gasteiger charge is -2.16. The van der Waals surface area contributed by atoms with Gasteiger partial charge in [0.2, 0.25) is 0 Å². The monoisotopic (exact) mass is 1300 g/mol. The quantitative estimate of drug-likeness (QED) is 0.152. The van der Waals surface area contributed by atoms with E-state index in [9.17, 15) is 0 Å². The average Bonchev–Trinajstić information content (AvgIpc) is 1.38. The second-order valence-electron chi connectivity index (χ2n) is 26.3. The first-order valence-corrected chi connectivity index (χ1v) is 34.4. The Morgan fingerprint density at radius 1 is 0.196 bits per heavy atom. The van der Waals surface area contributed by atoms with Crippen LogP contribution >= 0.6 is 0 Å². The maximum absolute atomic E-state index is 6.44. The fourth-order valence-corrected chi connectivity index (χ4v) is 15.8. The molecule has 472 valence electrons. The van der Waals surface area contributed by atoms with Crippen molar-refractivity contribution in [1.82, 2.24) is 29.9 Å². The fraction of sp³-hybridized carbons (Fsp3) is 0. The van der Waals surface area contributed by atoms with Crippen LogP contribution in [0.4, 0.5) is 0 Å². The van der Waals surface area contributed by atoms with Gasteiger partial charge >= 0.3 is 0 Å². The van der Waals surface area contributed by atoms with E-state index in [1.165, 1.54) is 21.5 Å². The van der Waals surface area contributed by atoms with Crippen LogP contribution in [0.5, 0.6) is 0 Å². The summed E-state index contributed by atoms with van der Waals surface area (Å²) in [6.45, 7) is 0. The summed E-state index contributed by atoms with van der Waals surface area (Å²) in [5.74, 6) is 0. The molecule has 0 atom stereocenters. The van der Waals surface area contributed by atoms with Gasteiger partial charge in [-0.05, 0) is 105 Å². The molecule has 14 aromatic carbocycles. The molecule has 0 radical (unpaired) electrons. The summed E-state index contributed by atoms with van der Waals surface area (Å²) in [7, 11) is 0. The van der Waals surface area contributed by atoms with Gasteiger partial charge in [0.25, 0.3) is 0 Å².